The number of guanidine groups is 1. The van der Waals surface area contributed by atoms with E-state index in [1.54, 1.807) is 13.1 Å². The molecule has 7 heteroatoms. The molecule has 0 atom stereocenters. The third-order valence-corrected chi connectivity index (χ3v) is 2.67. The normalized spacial score (nSPS) is 11.3. The van der Waals surface area contributed by atoms with Crippen LogP contribution in [0.5, 0.6) is 0 Å². The summed E-state index contributed by atoms with van der Waals surface area (Å²) in [4.78, 5) is 4.03. The zero-order chi connectivity index (χ0) is 16.6. The molecule has 2 N–H and O–H groups in total. The Morgan fingerprint density at radius 1 is 1.26 bits per heavy atom. The number of rotatable bonds is 3. The third kappa shape index (κ3) is 8.69. The van der Waals surface area contributed by atoms with Gasteiger partial charge in [-0.3, -0.25) is 4.99 Å². The smallest absolute Gasteiger partial charge is 0.356 e. The molecule has 1 rings (SSSR count). The SMILES string of the molecule is CN=C(NCC#Cc1cccc(C(F)(F)F)c1)NCC(C)C.I. The van der Waals surface area contributed by atoms with E-state index in [0.29, 0.717) is 24.0 Å². The first kappa shape index (κ1) is 21.6. The molecule has 0 aliphatic carbocycles. The van der Waals surface area contributed by atoms with Crippen LogP contribution in [0.4, 0.5) is 13.2 Å². The summed E-state index contributed by atoms with van der Waals surface area (Å²) < 4.78 is 37.7. The van der Waals surface area contributed by atoms with E-state index in [4.69, 9.17) is 0 Å². The van der Waals surface area contributed by atoms with Crippen molar-refractivity contribution in [1.82, 2.24) is 10.6 Å². The quantitative estimate of drug-likeness (QED) is 0.328. The van der Waals surface area contributed by atoms with Crippen LogP contribution in [-0.2, 0) is 6.18 Å². The van der Waals surface area contributed by atoms with Gasteiger partial charge in [0.15, 0.2) is 5.96 Å². The number of hydrogen-bond donors (Lipinski definition) is 2. The first-order valence-electron chi connectivity index (χ1n) is 6.93. The zero-order valence-corrected chi connectivity index (χ0v) is 15.6. The number of hydrogen-bond acceptors (Lipinski definition) is 1. The molecule has 128 valence electrons. The van der Waals surface area contributed by atoms with Crippen LogP contribution in [0.15, 0.2) is 29.3 Å². The Labute approximate surface area is 152 Å². The van der Waals surface area contributed by atoms with Crippen molar-refractivity contribution in [2.24, 2.45) is 10.9 Å². The van der Waals surface area contributed by atoms with Gasteiger partial charge in [-0.15, -0.1) is 24.0 Å². The highest BCUT2D eigenvalue weighted by molar-refractivity contribution is 14.0. The van der Waals surface area contributed by atoms with Crippen LogP contribution in [0.25, 0.3) is 0 Å². The molecule has 0 radical (unpaired) electrons. The molecule has 0 heterocycles. The van der Waals surface area contributed by atoms with Crippen molar-refractivity contribution in [3.05, 3.63) is 35.4 Å². The third-order valence-electron chi connectivity index (χ3n) is 2.67. The first-order valence-corrected chi connectivity index (χ1v) is 6.93. The number of alkyl halides is 3. The van der Waals surface area contributed by atoms with Crippen LogP contribution in [0.3, 0.4) is 0 Å². The standard InChI is InChI=1S/C16H20F3N3.HI/c1-12(2)11-22-15(20-3)21-9-5-7-13-6-4-8-14(10-13)16(17,18)19;/h4,6,8,10,12H,9,11H2,1-3H3,(H2,20,21,22);1H. The Kier molecular flexibility index (Phi) is 9.72. The van der Waals surface area contributed by atoms with E-state index in [-0.39, 0.29) is 24.0 Å². The molecule has 0 saturated carbocycles. The second-order valence-electron chi connectivity index (χ2n) is 5.08. The number of nitrogens with one attached hydrogen (secondary N) is 2. The van der Waals surface area contributed by atoms with Crippen molar-refractivity contribution >= 4 is 29.9 Å². The first-order chi connectivity index (χ1) is 10.3. The van der Waals surface area contributed by atoms with Crippen LogP contribution in [0.2, 0.25) is 0 Å². The van der Waals surface area contributed by atoms with Gasteiger partial charge in [0.2, 0.25) is 0 Å². The van der Waals surface area contributed by atoms with Crippen molar-refractivity contribution in [3.63, 3.8) is 0 Å². The fraction of sp³-hybridized carbons (Fsp3) is 0.438. The minimum absolute atomic E-state index is 0. The van der Waals surface area contributed by atoms with E-state index in [1.165, 1.54) is 6.07 Å². The van der Waals surface area contributed by atoms with Gasteiger partial charge in [0, 0.05) is 19.2 Å². The lowest BCUT2D eigenvalue weighted by molar-refractivity contribution is -0.137. The van der Waals surface area contributed by atoms with Crippen molar-refractivity contribution < 1.29 is 13.2 Å². The largest absolute Gasteiger partial charge is 0.416 e. The van der Waals surface area contributed by atoms with Gasteiger partial charge in [-0.05, 0) is 24.1 Å². The average Bonchev–Trinajstić information content (AvgIpc) is 2.45. The summed E-state index contributed by atoms with van der Waals surface area (Å²) in [6, 6.07) is 4.97. The second kappa shape index (κ2) is 10.4. The topological polar surface area (TPSA) is 36.4 Å². The maximum Gasteiger partial charge on any atom is 0.416 e. The van der Waals surface area contributed by atoms with Crippen molar-refractivity contribution in [2.75, 3.05) is 20.1 Å². The lowest BCUT2D eigenvalue weighted by atomic mass is 10.1. The Morgan fingerprint density at radius 3 is 2.52 bits per heavy atom. The van der Waals surface area contributed by atoms with Crippen LogP contribution >= 0.6 is 24.0 Å². The zero-order valence-electron chi connectivity index (χ0n) is 13.3. The number of halogens is 4. The maximum absolute atomic E-state index is 12.6. The van der Waals surface area contributed by atoms with Crippen LogP contribution in [0, 0.1) is 17.8 Å². The number of aliphatic imine (C=N–C) groups is 1. The Morgan fingerprint density at radius 2 is 1.96 bits per heavy atom. The summed E-state index contributed by atoms with van der Waals surface area (Å²) >= 11 is 0. The summed E-state index contributed by atoms with van der Waals surface area (Å²) in [5.41, 5.74) is -0.358. The van der Waals surface area contributed by atoms with Gasteiger partial charge < -0.3 is 10.6 Å². The minimum Gasteiger partial charge on any atom is -0.356 e. The molecule has 1 aromatic rings. The summed E-state index contributed by atoms with van der Waals surface area (Å²) in [5, 5.41) is 6.10. The van der Waals surface area contributed by atoms with E-state index in [1.807, 2.05) is 0 Å². The highest BCUT2D eigenvalue weighted by Gasteiger charge is 2.30. The van der Waals surface area contributed by atoms with Gasteiger partial charge in [-0.1, -0.05) is 31.8 Å². The lowest BCUT2D eigenvalue weighted by Crippen LogP contribution is -2.39. The molecule has 0 aromatic heterocycles. The van der Waals surface area contributed by atoms with E-state index in [9.17, 15) is 13.2 Å². The van der Waals surface area contributed by atoms with Crippen LogP contribution < -0.4 is 10.6 Å². The van der Waals surface area contributed by atoms with Crippen LogP contribution in [-0.4, -0.2) is 26.1 Å². The second-order valence-corrected chi connectivity index (χ2v) is 5.08. The van der Waals surface area contributed by atoms with Gasteiger partial charge in [0.25, 0.3) is 0 Å². The van der Waals surface area contributed by atoms with Crippen molar-refractivity contribution in [1.29, 1.82) is 0 Å². The van der Waals surface area contributed by atoms with Gasteiger partial charge in [0.05, 0.1) is 12.1 Å². The molecular formula is C16H21F3IN3. The molecule has 0 bridgehead atoms. The monoisotopic (exact) mass is 439 g/mol. The summed E-state index contributed by atoms with van der Waals surface area (Å²) in [7, 11) is 1.65. The molecule has 0 aliphatic rings. The molecule has 1 aromatic carbocycles. The molecule has 0 unspecified atom stereocenters. The van der Waals surface area contributed by atoms with Crippen molar-refractivity contribution in [3.8, 4) is 11.8 Å². The van der Waals surface area contributed by atoms with Gasteiger partial charge in [0.1, 0.15) is 0 Å². The van der Waals surface area contributed by atoms with E-state index in [2.05, 4.69) is 41.3 Å². The summed E-state index contributed by atoms with van der Waals surface area (Å²) in [6.07, 6.45) is -4.35. The molecule has 0 amide bonds. The predicted molar refractivity (Wildman–Crippen MR) is 97.9 cm³/mol. The van der Waals surface area contributed by atoms with Gasteiger partial charge in [-0.2, -0.15) is 13.2 Å². The molecule has 0 aliphatic heterocycles. The fourth-order valence-electron chi connectivity index (χ4n) is 1.57. The van der Waals surface area contributed by atoms with E-state index >= 15 is 0 Å². The van der Waals surface area contributed by atoms with E-state index in [0.717, 1.165) is 18.7 Å². The molecule has 0 saturated heterocycles. The number of nitrogens with zero attached hydrogens (tertiary/aromatic N) is 1. The average molecular weight is 439 g/mol. The van der Waals surface area contributed by atoms with Gasteiger partial charge in [-0.25, -0.2) is 0 Å². The highest BCUT2D eigenvalue weighted by Crippen LogP contribution is 2.29. The minimum atomic E-state index is -4.35. The molecule has 0 spiro atoms. The molecule has 0 fully saturated rings. The highest BCUT2D eigenvalue weighted by atomic mass is 127. The molecule has 3 nitrogen and oxygen atoms in total. The fourth-order valence-corrected chi connectivity index (χ4v) is 1.57. The van der Waals surface area contributed by atoms with E-state index < -0.39 is 11.7 Å². The summed E-state index contributed by atoms with van der Waals surface area (Å²) in [5.74, 6) is 6.59. The Balaban J connectivity index is 0.00000484. The molecular weight excluding hydrogens is 418 g/mol. The van der Waals surface area contributed by atoms with Crippen molar-refractivity contribution in [2.45, 2.75) is 20.0 Å². The lowest BCUT2D eigenvalue weighted by Gasteiger charge is -2.11. The Bertz CT molecular complexity index is 572. The number of benzene rings is 1. The maximum atomic E-state index is 12.6. The predicted octanol–water partition coefficient (Wildman–Crippen LogP) is 3.50. The van der Waals surface area contributed by atoms with Crippen LogP contribution in [0.1, 0.15) is 25.0 Å². The molecule has 23 heavy (non-hydrogen) atoms. The van der Waals surface area contributed by atoms with Gasteiger partial charge >= 0.3 is 6.18 Å². The summed E-state index contributed by atoms with van der Waals surface area (Å²) in [6.45, 7) is 5.23. The Hall–Kier alpha value is -1.43.